The van der Waals surface area contributed by atoms with Gasteiger partial charge in [-0.25, -0.2) is 9.97 Å². The van der Waals surface area contributed by atoms with Crippen molar-refractivity contribution >= 4 is 11.7 Å². The Morgan fingerprint density at radius 2 is 2.25 bits per heavy atom. The van der Waals surface area contributed by atoms with Gasteiger partial charge in [-0.2, -0.15) is 0 Å². The molecular weight excluding hydrogens is 306 g/mol. The van der Waals surface area contributed by atoms with E-state index >= 15 is 0 Å². The molecule has 0 saturated carbocycles. The third-order valence-electron chi connectivity index (χ3n) is 4.24. The predicted molar refractivity (Wildman–Crippen MR) is 89.8 cm³/mol. The van der Waals surface area contributed by atoms with Crippen LogP contribution in [0.25, 0.3) is 0 Å². The van der Waals surface area contributed by atoms with Crippen molar-refractivity contribution in [3.05, 3.63) is 35.1 Å². The lowest BCUT2D eigenvalue weighted by Gasteiger charge is -2.23. The number of carbonyl (C=O) groups excluding carboxylic acids is 1. The molecule has 0 spiro atoms. The van der Waals surface area contributed by atoms with E-state index in [4.69, 9.17) is 4.52 Å². The van der Waals surface area contributed by atoms with Gasteiger partial charge in [0, 0.05) is 32.1 Å². The fraction of sp³-hybridized carbons (Fsp3) is 0.529. The highest BCUT2D eigenvalue weighted by Crippen LogP contribution is 2.32. The van der Waals surface area contributed by atoms with E-state index in [-0.39, 0.29) is 11.9 Å². The summed E-state index contributed by atoms with van der Waals surface area (Å²) in [5, 5.41) is 6.99. The topological polar surface area (TPSA) is 84.2 Å². The Morgan fingerprint density at radius 1 is 1.42 bits per heavy atom. The standard InChI is InChI=1S/C17H23N5O2/c1-4-6-12-9-14(21-24-12)17(23)22-8-5-7-15(22)13-10-16(18-3)20-11(2)19-13/h9-10,15H,4-8H2,1-3H3,(H,18,19,20)/t15-/m1/s1. The van der Waals surface area contributed by atoms with Gasteiger partial charge in [0.25, 0.3) is 5.91 Å². The number of carbonyl (C=O) groups is 1. The fourth-order valence-electron chi connectivity index (χ4n) is 3.13. The molecule has 0 radical (unpaired) electrons. The molecule has 0 bridgehead atoms. The first-order valence-corrected chi connectivity index (χ1v) is 8.42. The quantitative estimate of drug-likeness (QED) is 0.908. The molecule has 1 saturated heterocycles. The molecule has 1 amide bonds. The smallest absolute Gasteiger partial charge is 0.276 e. The number of rotatable bonds is 5. The third kappa shape index (κ3) is 3.25. The number of amides is 1. The molecule has 0 aromatic carbocycles. The second-order valence-electron chi connectivity index (χ2n) is 6.06. The first-order valence-electron chi connectivity index (χ1n) is 8.42. The molecule has 7 heteroatoms. The molecule has 7 nitrogen and oxygen atoms in total. The van der Waals surface area contributed by atoms with Crippen LogP contribution in [-0.4, -0.2) is 39.5 Å². The highest BCUT2D eigenvalue weighted by molar-refractivity contribution is 5.92. The number of nitrogens with one attached hydrogen (secondary N) is 1. The molecule has 1 atom stereocenters. The second kappa shape index (κ2) is 6.98. The van der Waals surface area contributed by atoms with Crippen LogP contribution in [0.5, 0.6) is 0 Å². The number of aromatic nitrogens is 3. The molecule has 1 aliphatic heterocycles. The van der Waals surface area contributed by atoms with E-state index in [2.05, 4.69) is 27.4 Å². The van der Waals surface area contributed by atoms with Gasteiger partial charge in [0.15, 0.2) is 5.69 Å². The Hall–Kier alpha value is -2.44. The van der Waals surface area contributed by atoms with Crippen LogP contribution in [0, 0.1) is 6.92 Å². The average Bonchev–Trinajstić information content (AvgIpc) is 3.23. The van der Waals surface area contributed by atoms with Crippen molar-refractivity contribution in [1.82, 2.24) is 20.0 Å². The molecule has 24 heavy (non-hydrogen) atoms. The molecule has 2 aromatic rings. The number of likely N-dealkylation sites (tertiary alicyclic amines) is 1. The van der Waals surface area contributed by atoms with E-state index in [1.165, 1.54) is 0 Å². The number of hydrogen-bond donors (Lipinski definition) is 1. The van der Waals surface area contributed by atoms with Crippen molar-refractivity contribution in [1.29, 1.82) is 0 Å². The Kier molecular flexibility index (Phi) is 4.78. The van der Waals surface area contributed by atoms with E-state index in [0.29, 0.717) is 18.1 Å². The fourth-order valence-corrected chi connectivity index (χ4v) is 3.13. The zero-order chi connectivity index (χ0) is 17.1. The van der Waals surface area contributed by atoms with Gasteiger partial charge in [0.05, 0.1) is 11.7 Å². The van der Waals surface area contributed by atoms with Crippen LogP contribution in [0.15, 0.2) is 16.7 Å². The number of aryl methyl sites for hydroxylation is 2. The van der Waals surface area contributed by atoms with Crippen molar-refractivity contribution in [3.8, 4) is 0 Å². The molecule has 0 unspecified atom stereocenters. The second-order valence-corrected chi connectivity index (χ2v) is 6.06. The lowest BCUT2D eigenvalue weighted by atomic mass is 10.1. The molecule has 3 heterocycles. The van der Waals surface area contributed by atoms with Crippen LogP contribution in [0.2, 0.25) is 0 Å². The summed E-state index contributed by atoms with van der Waals surface area (Å²) in [6, 6.07) is 3.62. The average molecular weight is 329 g/mol. The highest BCUT2D eigenvalue weighted by Gasteiger charge is 2.33. The largest absolute Gasteiger partial charge is 0.373 e. The summed E-state index contributed by atoms with van der Waals surface area (Å²) >= 11 is 0. The summed E-state index contributed by atoms with van der Waals surface area (Å²) < 4.78 is 5.25. The Balaban J connectivity index is 1.84. The van der Waals surface area contributed by atoms with Crippen LogP contribution < -0.4 is 5.32 Å². The Labute approximate surface area is 141 Å². The van der Waals surface area contributed by atoms with Gasteiger partial charge in [0.2, 0.25) is 0 Å². The van der Waals surface area contributed by atoms with Crippen molar-refractivity contribution in [2.24, 2.45) is 0 Å². The van der Waals surface area contributed by atoms with Crippen molar-refractivity contribution < 1.29 is 9.32 Å². The summed E-state index contributed by atoms with van der Waals surface area (Å²) in [6.45, 7) is 4.63. The van der Waals surface area contributed by atoms with Crippen molar-refractivity contribution in [2.45, 2.75) is 45.6 Å². The van der Waals surface area contributed by atoms with Crippen molar-refractivity contribution in [2.75, 3.05) is 18.9 Å². The number of nitrogens with zero attached hydrogens (tertiary/aromatic N) is 4. The van der Waals surface area contributed by atoms with E-state index in [1.807, 2.05) is 24.9 Å². The maximum atomic E-state index is 12.8. The Bertz CT molecular complexity index is 728. The normalized spacial score (nSPS) is 17.3. The summed E-state index contributed by atoms with van der Waals surface area (Å²) in [4.78, 5) is 23.5. The molecule has 128 valence electrons. The minimum absolute atomic E-state index is 0.0439. The van der Waals surface area contributed by atoms with Crippen LogP contribution >= 0.6 is 0 Å². The molecule has 0 aliphatic carbocycles. The molecule has 2 aromatic heterocycles. The lowest BCUT2D eigenvalue weighted by molar-refractivity contribution is 0.0722. The van der Waals surface area contributed by atoms with E-state index in [0.717, 1.165) is 43.0 Å². The number of hydrogen-bond acceptors (Lipinski definition) is 6. The first kappa shape index (κ1) is 16.4. The maximum Gasteiger partial charge on any atom is 0.276 e. The Morgan fingerprint density at radius 3 is 3.00 bits per heavy atom. The van der Waals surface area contributed by atoms with Crippen LogP contribution in [0.1, 0.15) is 60.0 Å². The van der Waals surface area contributed by atoms with E-state index in [1.54, 1.807) is 6.07 Å². The van der Waals surface area contributed by atoms with Gasteiger partial charge in [0.1, 0.15) is 17.4 Å². The zero-order valence-corrected chi connectivity index (χ0v) is 14.4. The maximum absolute atomic E-state index is 12.8. The predicted octanol–water partition coefficient (Wildman–Crippen LogP) is 2.74. The van der Waals surface area contributed by atoms with Gasteiger partial charge in [-0.15, -0.1) is 0 Å². The van der Waals surface area contributed by atoms with Gasteiger partial charge >= 0.3 is 0 Å². The molecular formula is C17H23N5O2. The molecule has 3 rings (SSSR count). The summed E-state index contributed by atoms with van der Waals surface area (Å²) in [7, 11) is 1.83. The molecule has 1 N–H and O–H groups in total. The van der Waals surface area contributed by atoms with E-state index < -0.39 is 0 Å². The van der Waals surface area contributed by atoms with Crippen LogP contribution in [0.3, 0.4) is 0 Å². The third-order valence-corrected chi connectivity index (χ3v) is 4.24. The zero-order valence-electron chi connectivity index (χ0n) is 14.4. The minimum Gasteiger partial charge on any atom is -0.373 e. The van der Waals surface area contributed by atoms with Gasteiger partial charge in [-0.05, 0) is 26.2 Å². The summed E-state index contributed by atoms with van der Waals surface area (Å²) in [6.07, 6.45) is 3.60. The highest BCUT2D eigenvalue weighted by atomic mass is 16.5. The van der Waals surface area contributed by atoms with Gasteiger partial charge in [-0.1, -0.05) is 12.1 Å². The number of anilines is 1. The van der Waals surface area contributed by atoms with Crippen LogP contribution in [0.4, 0.5) is 5.82 Å². The monoisotopic (exact) mass is 329 g/mol. The SMILES string of the molecule is CCCc1cc(C(=O)N2CCC[C@@H]2c2cc(NC)nc(C)n2)no1. The van der Waals surface area contributed by atoms with Gasteiger partial charge < -0.3 is 14.7 Å². The van der Waals surface area contributed by atoms with Crippen molar-refractivity contribution in [3.63, 3.8) is 0 Å². The molecule has 1 aliphatic rings. The lowest BCUT2D eigenvalue weighted by Crippen LogP contribution is -2.31. The van der Waals surface area contributed by atoms with Crippen LogP contribution in [-0.2, 0) is 6.42 Å². The van der Waals surface area contributed by atoms with E-state index in [9.17, 15) is 4.79 Å². The van der Waals surface area contributed by atoms with Gasteiger partial charge in [-0.3, -0.25) is 4.79 Å². The minimum atomic E-state index is -0.0918. The molecule has 1 fully saturated rings. The first-order chi connectivity index (χ1) is 11.6. The summed E-state index contributed by atoms with van der Waals surface area (Å²) in [5.74, 6) is 2.13. The summed E-state index contributed by atoms with van der Waals surface area (Å²) in [5.41, 5.74) is 1.25.